The van der Waals surface area contributed by atoms with E-state index in [2.05, 4.69) is 0 Å². The molecular formula is C17H17NO4. The average molecular weight is 299 g/mol. The molecule has 0 amide bonds. The molecule has 114 valence electrons. The number of carbonyl (C=O) groups is 2. The van der Waals surface area contributed by atoms with Crippen LogP contribution in [0.15, 0.2) is 42.5 Å². The van der Waals surface area contributed by atoms with E-state index in [9.17, 15) is 9.59 Å². The average Bonchev–Trinajstić information content (AvgIpc) is 2.53. The highest BCUT2D eigenvalue weighted by Crippen LogP contribution is 2.21. The molecule has 0 saturated heterocycles. The minimum absolute atomic E-state index is 0.199. The van der Waals surface area contributed by atoms with Crippen LogP contribution in [-0.4, -0.2) is 18.9 Å². The van der Waals surface area contributed by atoms with Gasteiger partial charge in [-0.15, -0.1) is 0 Å². The van der Waals surface area contributed by atoms with Gasteiger partial charge in [-0.1, -0.05) is 12.1 Å². The summed E-state index contributed by atoms with van der Waals surface area (Å²) in [5, 5.41) is 0. The number of hydrogen-bond acceptors (Lipinski definition) is 5. The molecule has 0 fully saturated rings. The van der Waals surface area contributed by atoms with Crippen molar-refractivity contribution in [1.82, 2.24) is 0 Å². The molecule has 0 aliphatic heterocycles. The van der Waals surface area contributed by atoms with E-state index in [0.29, 0.717) is 23.6 Å². The SMILES string of the molecule is COC(=O)c1cc(OCc2ccc(N)cc2)ccc1C(C)=O. The molecule has 0 radical (unpaired) electrons. The first-order chi connectivity index (χ1) is 10.5. The summed E-state index contributed by atoms with van der Waals surface area (Å²) in [6.07, 6.45) is 0. The lowest BCUT2D eigenvalue weighted by Gasteiger charge is -2.10. The maximum absolute atomic E-state index is 11.8. The quantitative estimate of drug-likeness (QED) is 0.522. The van der Waals surface area contributed by atoms with Crippen molar-refractivity contribution in [3.63, 3.8) is 0 Å². The second-order valence-electron chi connectivity index (χ2n) is 4.79. The van der Waals surface area contributed by atoms with E-state index in [1.54, 1.807) is 24.3 Å². The minimum atomic E-state index is -0.567. The Balaban J connectivity index is 2.19. The van der Waals surface area contributed by atoms with Crippen LogP contribution in [0.4, 0.5) is 5.69 Å². The monoisotopic (exact) mass is 299 g/mol. The van der Waals surface area contributed by atoms with Gasteiger partial charge in [-0.05, 0) is 42.8 Å². The lowest BCUT2D eigenvalue weighted by atomic mass is 10.0. The third-order valence-electron chi connectivity index (χ3n) is 3.16. The van der Waals surface area contributed by atoms with Crippen molar-refractivity contribution in [1.29, 1.82) is 0 Å². The fraction of sp³-hybridized carbons (Fsp3) is 0.176. The van der Waals surface area contributed by atoms with Crippen molar-refractivity contribution in [2.24, 2.45) is 0 Å². The predicted molar refractivity (Wildman–Crippen MR) is 83.0 cm³/mol. The number of hydrogen-bond donors (Lipinski definition) is 1. The van der Waals surface area contributed by atoms with Gasteiger partial charge in [0.25, 0.3) is 0 Å². The predicted octanol–water partition coefficient (Wildman–Crippen LogP) is 2.84. The van der Waals surface area contributed by atoms with E-state index in [4.69, 9.17) is 15.2 Å². The van der Waals surface area contributed by atoms with Crippen molar-refractivity contribution in [2.75, 3.05) is 12.8 Å². The molecule has 2 aromatic carbocycles. The topological polar surface area (TPSA) is 78.6 Å². The molecule has 0 aromatic heterocycles. The number of anilines is 1. The standard InChI is InChI=1S/C17H17NO4/c1-11(19)15-8-7-14(9-16(15)17(20)21-2)22-10-12-3-5-13(18)6-4-12/h3-9H,10,18H2,1-2H3. The van der Waals surface area contributed by atoms with E-state index in [1.165, 1.54) is 20.1 Å². The number of nitrogen functional groups attached to an aromatic ring is 1. The third-order valence-corrected chi connectivity index (χ3v) is 3.16. The van der Waals surface area contributed by atoms with Crippen molar-refractivity contribution in [3.05, 3.63) is 59.2 Å². The molecule has 2 aromatic rings. The Kier molecular flexibility index (Phi) is 4.78. The Morgan fingerprint density at radius 2 is 1.73 bits per heavy atom. The van der Waals surface area contributed by atoms with Gasteiger partial charge in [0.15, 0.2) is 5.78 Å². The van der Waals surface area contributed by atoms with Crippen LogP contribution in [0, 0.1) is 0 Å². The molecule has 0 aliphatic carbocycles. The largest absolute Gasteiger partial charge is 0.489 e. The van der Waals surface area contributed by atoms with Crippen LogP contribution in [0.25, 0.3) is 0 Å². The molecule has 0 bridgehead atoms. The number of benzene rings is 2. The maximum atomic E-state index is 11.8. The normalized spacial score (nSPS) is 10.1. The molecule has 0 heterocycles. The van der Waals surface area contributed by atoms with Gasteiger partial charge in [-0.3, -0.25) is 4.79 Å². The summed E-state index contributed by atoms with van der Waals surface area (Å²) >= 11 is 0. The second kappa shape index (κ2) is 6.76. The van der Waals surface area contributed by atoms with E-state index in [-0.39, 0.29) is 11.3 Å². The first-order valence-electron chi connectivity index (χ1n) is 6.72. The zero-order valence-corrected chi connectivity index (χ0v) is 12.5. The van der Waals surface area contributed by atoms with E-state index in [0.717, 1.165) is 5.56 Å². The van der Waals surface area contributed by atoms with Crippen LogP contribution in [0.1, 0.15) is 33.2 Å². The van der Waals surface area contributed by atoms with Crippen molar-refractivity contribution in [2.45, 2.75) is 13.5 Å². The summed E-state index contributed by atoms with van der Waals surface area (Å²) < 4.78 is 10.3. The van der Waals surface area contributed by atoms with Gasteiger partial charge in [0.05, 0.1) is 12.7 Å². The van der Waals surface area contributed by atoms with Gasteiger partial charge in [0.2, 0.25) is 0 Å². The van der Waals surface area contributed by atoms with Crippen LogP contribution in [0.5, 0.6) is 5.75 Å². The van der Waals surface area contributed by atoms with Gasteiger partial charge in [-0.2, -0.15) is 0 Å². The van der Waals surface area contributed by atoms with E-state index in [1.807, 2.05) is 12.1 Å². The molecular weight excluding hydrogens is 282 g/mol. The molecule has 5 nitrogen and oxygen atoms in total. The number of Topliss-reactive ketones (excluding diaryl/α,β-unsaturated/α-hetero) is 1. The number of nitrogens with two attached hydrogens (primary N) is 1. The maximum Gasteiger partial charge on any atom is 0.338 e. The minimum Gasteiger partial charge on any atom is -0.489 e. The Morgan fingerprint density at radius 3 is 2.32 bits per heavy atom. The highest BCUT2D eigenvalue weighted by Gasteiger charge is 2.16. The van der Waals surface area contributed by atoms with Crippen LogP contribution in [-0.2, 0) is 11.3 Å². The Morgan fingerprint density at radius 1 is 1.05 bits per heavy atom. The van der Waals surface area contributed by atoms with E-state index < -0.39 is 5.97 Å². The van der Waals surface area contributed by atoms with Crippen molar-refractivity contribution >= 4 is 17.4 Å². The summed E-state index contributed by atoms with van der Waals surface area (Å²) in [6.45, 7) is 1.73. The summed E-state index contributed by atoms with van der Waals surface area (Å²) in [6, 6.07) is 12.0. The number of ether oxygens (including phenoxy) is 2. The molecule has 2 rings (SSSR count). The third kappa shape index (κ3) is 3.63. The lowest BCUT2D eigenvalue weighted by molar-refractivity contribution is 0.0596. The van der Waals surface area contributed by atoms with Crippen LogP contribution < -0.4 is 10.5 Å². The Hall–Kier alpha value is -2.82. The van der Waals surface area contributed by atoms with Gasteiger partial charge in [-0.25, -0.2) is 4.79 Å². The Labute approximate surface area is 128 Å². The number of carbonyl (C=O) groups excluding carboxylic acids is 2. The van der Waals surface area contributed by atoms with E-state index >= 15 is 0 Å². The van der Waals surface area contributed by atoms with Crippen LogP contribution in [0.3, 0.4) is 0 Å². The zero-order chi connectivity index (χ0) is 16.1. The smallest absolute Gasteiger partial charge is 0.338 e. The molecule has 0 atom stereocenters. The lowest BCUT2D eigenvalue weighted by Crippen LogP contribution is -2.09. The highest BCUT2D eigenvalue weighted by atomic mass is 16.5. The molecule has 0 unspecified atom stereocenters. The molecule has 0 spiro atoms. The molecule has 5 heteroatoms. The zero-order valence-electron chi connectivity index (χ0n) is 12.5. The molecule has 0 aliphatic rings. The summed E-state index contributed by atoms with van der Waals surface area (Å²) in [7, 11) is 1.27. The van der Waals surface area contributed by atoms with Crippen molar-refractivity contribution in [3.8, 4) is 5.75 Å². The number of methoxy groups -OCH3 is 1. The van der Waals surface area contributed by atoms with Gasteiger partial charge in [0.1, 0.15) is 12.4 Å². The van der Waals surface area contributed by atoms with Gasteiger partial charge < -0.3 is 15.2 Å². The fourth-order valence-corrected chi connectivity index (χ4v) is 1.98. The van der Waals surface area contributed by atoms with Gasteiger partial charge >= 0.3 is 5.97 Å². The first-order valence-corrected chi connectivity index (χ1v) is 6.72. The molecule has 0 saturated carbocycles. The number of esters is 1. The number of rotatable bonds is 5. The summed E-state index contributed by atoms with van der Waals surface area (Å²) in [5.74, 6) is -0.282. The number of ketones is 1. The van der Waals surface area contributed by atoms with Crippen LogP contribution >= 0.6 is 0 Å². The van der Waals surface area contributed by atoms with Gasteiger partial charge in [0, 0.05) is 11.3 Å². The first kappa shape index (κ1) is 15.6. The fourth-order valence-electron chi connectivity index (χ4n) is 1.98. The Bertz CT molecular complexity index is 692. The van der Waals surface area contributed by atoms with Crippen molar-refractivity contribution < 1.29 is 19.1 Å². The summed E-state index contributed by atoms with van der Waals surface area (Å²) in [5.41, 5.74) is 7.77. The van der Waals surface area contributed by atoms with Crippen LogP contribution in [0.2, 0.25) is 0 Å². The summed E-state index contributed by atoms with van der Waals surface area (Å²) in [4.78, 5) is 23.3. The highest BCUT2D eigenvalue weighted by molar-refractivity contribution is 6.05. The molecule has 22 heavy (non-hydrogen) atoms. The second-order valence-corrected chi connectivity index (χ2v) is 4.79. The molecule has 2 N–H and O–H groups in total.